The third kappa shape index (κ3) is 4.89. The average molecular weight is 412 g/mol. The van der Waals surface area contributed by atoms with Gasteiger partial charge in [0.05, 0.1) is 26.4 Å². The Morgan fingerprint density at radius 2 is 1.71 bits per heavy atom. The van der Waals surface area contributed by atoms with E-state index in [0.717, 1.165) is 0 Å². The van der Waals surface area contributed by atoms with Gasteiger partial charge in [0, 0.05) is 0 Å². The summed E-state index contributed by atoms with van der Waals surface area (Å²) < 4.78 is 19.8. The van der Waals surface area contributed by atoms with E-state index in [-0.39, 0.29) is 6.61 Å². The van der Waals surface area contributed by atoms with Crippen LogP contribution in [0.4, 0.5) is 0 Å². The highest BCUT2D eigenvalue weighted by Gasteiger charge is 2.48. The molecular weight excluding hydrogens is 388 g/mol. The second kappa shape index (κ2) is 9.78. The molecule has 1 fully saturated rings. The van der Waals surface area contributed by atoms with E-state index >= 15 is 0 Å². The molecular formula is C15H24O13. The second-order valence-electron chi connectivity index (χ2n) is 6.30. The van der Waals surface area contributed by atoms with Crippen LogP contribution in [0, 0.1) is 0 Å². The summed E-state index contributed by atoms with van der Waals surface area (Å²) in [5, 5.41) is 76.4. The monoisotopic (exact) mass is 412 g/mol. The molecule has 8 atom stereocenters. The Labute approximate surface area is 158 Å². The van der Waals surface area contributed by atoms with E-state index in [1.165, 1.54) is 0 Å². The SMILES string of the molecule is O=C1O[C@H]([C@@H](O)COCC(O)CO)C(O)=C1OC1O[C@H](CO)[C@@H](O)[C@H](O)[C@H]1O. The number of aliphatic hydroxyl groups excluding tert-OH is 8. The molecule has 0 aromatic heterocycles. The molecule has 2 unspecified atom stereocenters. The van der Waals surface area contributed by atoms with Crippen LogP contribution in [-0.4, -0.2) is 122 Å². The minimum Gasteiger partial charge on any atom is -0.505 e. The minimum atomic E-state index is -1.82. The van der Waals surface area contributed by atoms with Gasteiger partial charge in [0.1, 0.15) is 36.6 Å². The van der Waals surface area contributed by atoms with Gasteiger partial charge >= 0.3 is 5.97 Å². The zero-order valence-electron chi connectivity index (χ0n) is 14.6. The Morgan fingerprint density at radius 1 is 1.04 bits per heavy atom. The van der Waals surface area contributed by atoms with Gasteiger partial charge in [0.2, 0.25) is 12.0 Å². The van der Waals surface area contributed by atoms with E-state index in [1.54, 1.807) is 0 Å². The highest BCUT2D eigenvalue weighted by Crippen LogP contribution is 2.29. The summed E-state index contributed by atoms with van der Waals surface area (Å²) in [4.78, 5) is 11.9. The standard InChI is InChI=1S/C15H24O13/c16-1-5(18)3-25-4-6(19)12-11(23)13(14(24)27-12)28-15-10(22)9(21)8(20)7(2-17)26-15/h5-10,12,15-23H,1-4H2/t5?,6-,7+,8+,9-,10+,12+,15?/m0/s1. The van der Waals surface area contributed by atoms with Gasteiger partial charge in [0.15, 0.2) is 11.9 Å². The molecule has 1 saturated heterocycles. The molecule has 0 aliphatic carbocycles. The summed E-state index contributed by atoms with van der Waals surface area (Å²) in [6.45, 7) is -2.06. The van der Waals surface area contributed by atoms with Gasteiger partial charge in [-0.1, -0.05) is 0 Å². The van der Waals surface area contributed by atoms with Crippen LogP contribution in [0.25, 0.3) is 0 Å². The van der Waals surface area contributed by atoms with Crippen LogP contribution in [0.2, 0.25) is 0 Å². The third-order valence-electron chi connectivity index (χ3n) is 4.16. The molecule has 0 saturated carbocycles. The van der Waals surface area contributed by atoms with Gasteiger partial charge in [-0.25, -0.2) is 4.79 Å². The largest absolute Gasteiger partial charge is 0.505 e. The van der Waals surface area contributed by atoms with Crippen LogP contribution in [-0.2, 0) is 23.7 Å². The molecule has 0 amide bonds. The summed E-state index contributed by atoms with van der Waals surface area (Å²) in [6.07, 6.45) is -12.5. The fourth-order valence-corrected chi connectivity index (χ4v) is 2.57. The molecule has 8 N–H and O–H groups in total. The summed E-state index contributed by atoms with van der Waals surface area (Å²) in [7, 11) is 0. The van der Waals surface area contributed by atoms with Crippen molar-refractivity contribution < 1.29 is 64.6 Å². The van der Waals surface area contributed by atoms with E-state index in [2.05, 4.69) is 0 Å². The number of hydrogen-bond donors (Lipinski definition) is 8. The third-order valence-corrected chi connectivity index (χ3v) is 4.16. The molecule has 13 heteroatoms. The van der Waals surface area contributed by atoms with Crippen LogP contribution in [0.1, 0.15) is 0 Å². The van der Waals surface area contributed by atoms with E-state index < -0.39 is 86.3 Å². The van der Waals surface area contributed by atoms with Gasteiger partial charge in [-0.15, -0.1) is 0 Å². The normalized spacial score (nSPS) is 35.6. The molecule has 2 rings (SSSR count). The zero-order valence-corrected chi connectivity index (χ0v) is 14.6. The molecule has 0 aromatic rings. The number of carbonyl (C=O) groups is 1. The number of cyclic esters (lactones) is 1. The molecule has 0 bridgehead atoms. The average Bonchev–Trinajstić information content (AvgIpc) is 2.96. The molecule has 13 nitrogen and oxygen atoms in total. The van der Waals surface area contributed by atoms with Crippen LogP contribution >= 0.6 is 0 Å². The predicted molar refractivity (Wildman–Crippen MR) is 84.3 cm³/mol. The highest BCUT2D eigenvalue weighted by molar-refractivity contribution is 5.89. The molecule has 0 aromatic carbocycles. The van der Waals surface area contributed by atoms with Gasteiger partial charge < -0.3 is 59.8 Å². The van der Waals surface area contributed by atoms with Crippen molar-refractivity contribution in [3.05, 3.63) is 11.5 Å². The van der Waals surface area contributed by atoms with Crippen molar-refractivity contribution in [3.63, 3.8) is 0 Å². The maximum Gasteiger partial charge on any atom is 0.378 e. The first-order chi connectivity index (χ1) is 13.2. The fourth-order valence-electron chi connectivity index (χ4n) is 2.57. The number of ether oxygens (including phenoxy) is 4. The summed E-state index contributed by atoms with van der Waals surface area (Å²) in [5.74, 6) is -2.83. The molecule has 2 aliphatic heterocycles. The Kier molecular flexibility index (Phi) is 7.94. The molecule has 2 heterocycles. The Morgan fingerprint density at radius 3 is 2.32 bits per heavy atom. The predicted octanol–water partition coefficient (Wildman–Crippen LogP) is -4.77. The van der Waals surface area contributed by atoms with Gasteiger partial charge in [0.25, 0.3) is 0 Å². The first kappa shape index (κ1) is 22.7. The summed E-state index contributed by atoms with van der Waals surface area (Å²) in [5.41, 5.74) is 0. The Bertz CT molecular complexity index is 564. The minimum absolute atomic E-state index is 0.313. The van der Waals surface area contributed by atoms with E-state index in [9.17, 15) is 30.3 Å². The van der Waals surface area contributed by atoms with Crippen molar-refractivity contribution in [2.24, 2.45) is 0 Å². The Hall–Kier alpha value is -1.55. The maximum absolute atomic E-state index is 11.9. The van der Waals surface area contributed by atoms with Crippen LogP contribution < -0.4 is 0 Å². The fraction of sp³-hybridized carbons (Fsp3) is 0.800. The van der Waals surface area contributed by atoms with E-state index in [1.807, 2.05) is 0 Å². The van der Waals surface area contributed by atoms with Crippen molar-refractivity contribution in [1.82, 2.24) is 0 Å². The van der Waals surface area contributed by atoms with E-state index in [0.29, 0.717) is 0 Å². The van der Waals surface area contributed by atoms with Crippen LogP contribution in [0.15, 0.2) is 11.5 Å². The lowest BCUT2D eigenvalue weighted by atomic mass is 9.99. The van der Waals surface area contributed by atoms with Crippen molar-refractivity contribution in [2.45, 2.75) is 49.0 Å². The summed E-state index contributed by atoms with van der Waals surface area (Å²) in [6, 6.07) is 0. The number of esters is 1. The quantitative estimate of drug-likeness (QED) is 0.167. The van der Waals surface area contributed by atoms with Crippen molar-refractivity contribution in [2.75, 3.05) is 26.4 Å². The first-order valence-electron chi connectivity index (χ1n) is 8.37. The maximum atomic E-state index is 11.9. The van der Waals surface area contributed by atoms with Gasteiger partial charge in [-0.05, 0) is 0 Å². The van der Waals surface area contributed by atoms with Crippen molar-refractivity contribution >= 4 is 5.97 Å². The summed E-state index contributed by atoms with van der Waals surface area (Å²) >= 11 is 0. The van der Waals surface area contributed by atoms with Crippen LogP contribution in [0.5, 0.6) is 0 Å². The second-order valence-corrected chi connectivity index (χ2v) is 6.30. The zero-order chi connectivity index (χ0) is 21.0. The van der Waals surface area contributed by atoms with Gasteiger partial charge in [-0.3, -0.25) is 0 Å². The number of carbonyl (C=O) groups excluding carboxylic acids is 1. The molecule has 28 heavy (non-hydrogen) atoms. The van der Waals surface area contributed by atoms with Crippen molar-refractivity contribution in [1.29, 1.82) is 0 Å². The highest BCUT2D eigenvalue weighted by atomic mass is 16.7. The molecule has 0 spiro atoms. The topological polar surface area (TPSA) is 216 Å². The molecule has 0 radical (unpaired) electrons. The smallest absolute Gasteiger partial charge is 0.378 e. The lowest BCUT2D eigenvalue weighted by Gasteiger charge is -2.39. The number of hydrogen-bond acceptors (Lipinski definition) is 13. The number of rotatable bonds is 9. The van der Waals surface area contributed by atoms with Gasteiger partial charge in [-0.2, -0.15) is 0 Å². The lowest BCUT2D eigenvalue weighted by molar-refractivity contribution is -0.291. The lowest BCUT2D eigenvalue weighted by Crippen LogP contribution is -2.59. The van der Waals surface area contributed by atoms with Crippen molar-refractivity contribution in [3.8, 4) is 0 Å². The molecule has 162 valence electrons. The van der Waals surface area contributed by atoms with Crippen LogP contribution in [0.3, 0.4) is 0 Å². The first-order valence-corrected chi connectivity index (χ1v) is 8.37. The number of aliphatic hydroxyl groups is 8. The Balaban J connectivity index is 2.03. The molecule has 2 aliphatic rings. The van der Waals surface area contributed by atoms with E-state index in [4.69, 9.17) is 34.3 Å².